The van der Waals surface area contributed by atoms with Crippen LogP contribution in [0.25, 0.3) is 95.4 Å². The van der Waals surface area contributed by atoms with Gasteiger partial charge in [0.2, 0.25) is 0 Å². The summed E-state index contributed by atoms with van der Waals surface area (Å²) in [5.41, 5.74) is 19.2. The highest BCUT2D eigenvalue weighted by molar-refractivity contribution is 6.05. The van der Waals surface area contributed by atoms with Crippen molar-refractivity contribution < 1.29 is 0 Å². The summed E-state index contributed by atoms with van der Waals surface area (Å²) in [5, 5.41) is 0. The second-order valence-corrected chi connectivity index (χ2v) is 18.2. The first-order chi connectivity index (χ1) is 36.2. The van der Waals surface area contributed by atoms with Gasteiger partial charge in [-0.3, -0.25) is 0 Å². The number of benzene rings is 10. The molecular formula is C69H50N4. The molecule has 0 bridgehead atoms. The smallest absolute Gasteiger partial charge is 0.164 e. The van der Waals surface area contributed by atoms with Gasteiger partial charge in [-0.2, -0.15) is 0 Å². The number of anilines is 3. The summed E-state index contributed by atoms with van der Waals surface area (Å²) in [6.45, 7) is 0. The molecular weight excluding hydrogens is 885 g/mol. The molecule has 0 N–H and O–H groups in total. The van der Waals surface area contributed by atoms with Crippen molar-refractivity contribution in [2.24, 2.45) is 0 Å². The van der Waals surface area contributed by atoms with Gasteiger partial charge in [-0.25, -0.2) is 15.0 Å². The molecule has 0 saturated heterocycles. The maximum Gasteiger partial charge on any atom is 0.164 e. The van der Waals surface area contributed by atoms with E-state index in [1.54, 1.807) is 0 Å². The molecule has 0 radical (unpaired) electrons. The molecule has 0 atom stereocenters. The standard InChI is InChI=1S/C69H50N4/c1-9-25-49(26-10-1)57-41-43-60(51-29-13-3-14-30-51)64(47-57)73(65-48-58(50-27-11-2-12-28-50)42-44-61(65)52-31-15-4-16-32-52)66-62(53-33-17-5-18-34-53)45-59(46-63(66)54-35-19-6-20-36-54)69-71-67(55-37-21-7-22-38-55)70-68(72-69)56-39-23-8-24-40-56/h1-11,13-27,29-48H,12,28H2. The zero-order valence-electron chi connectivity index (χ0n) is 40.3. The normalized spacial score (nSPS) is 12.0. The van der Waals surface area contributed by atoms with Crippen LogP contribution >= 0.6 is 0 Å². The van der Waals surface area contributed by atoms with Gasteiger partial charge < -0.3 is 4.90 Å². The van der Waals surface area contributed by atoms with Gasteiger partial charge in [-0.05, 0) is 81.6 Å². The number of nitrogens with zero attached hydrogens (tertiary/aromatic N) is 4. The van der Waals surface area contributed by atoms with Gasteiger partial charge >= 0.3 is 0 Å². The van der Waals surface area contributed by atoms with Crippen molar-refractivity contribution in [1.82, 2.24) is 15.0 Å². The number of aromatic nitrogens is 3. The van der Waals surface area contributed by atoms with Gasteiger partial charge in [-0.15, -0.1) is 0 Å². The van der Waals surface area contributed by atoms with Crippen molar-refractivity contribution in [3.8, 4) is 89.8 Å². The minimum atomic E-state index is 0.584. The Bertz CT molecular complexity index is 3630. The van der Waals surface area contributed by atoms with Crippen LogP contribution in [0.2, 0.25) is 0 Å². The molecule has 1 heterocycles. The summed E-state index contributed by atoms with van der Waals surface area (Å²) in [7, 11) is 0. The van der Waals surface area contributed by atoms with E-state index in [1.165, 1.54) is 11.1 Å². The van der Waals surface area contributed by atoms with Gasteiger partial charge in [0.25, 0.3) is 0 Å². The van der Waals surface area contributed by atoms with Crippen molar-refractivity contribution in [2.45, 2.75) is 12.8 Å². The first-order valence-electron chi connectivity index (χ1n) is 25.0. The zero-order valence-corrected chi connectivity index (χ0v) is 40.3. The van der Waals surface area contributed by atoms with Crippen LogP contribution in [0.5, 0.6) is 0 Å². The van der Waals surface area contributed by atoms with E-state index >= 15 is 0 Å². The second-order valence-electron chi connectivity index (χ2n) is 18.2. The van der Waals surface area contributed by atoms with Crippen LogP contribution in [0.4, 0.5) is 17.1 Å². The Morgan fingerprint density at radius 3 is 1.05 bits per heavy atom. The van der Waals surface area contributed by atoms with Crippen LogP contribution < -0.4 is 4.90 Å². The molecule has 10 aromatic carbocycles. The summed E-state index contributed by atoms with van der Waals surface area (Å²) in [6, 6.07) is 93.0. The van der Waals surface area contributed by atoms with Crippen LogP contribution in [-0.2, 0) is 0 Å². The van der Waals surface area contributed by atoms with Crippen molar-refractivity contribution in [3.63, 3.8) is 0 Å². The third-order valence-electron chi connectivity index (χ3n) is 13.6. The monoisotopic (exact) mass is 934 g/mol. The van der Waals surface area contributed by atoms with Crippen molar-refractivity contribution in [2.75, 3.05) is 4.90 Å². The van der Waals surface area contributed by atoms with E-state index in [0.717, 1.165) is 102 Å². The molecule has 4 heteroatoms. The molecule has 12 rings (SSSR count). The second kappa shape index (κ2) is 20.4. The number of allylic oxidation sites excluding steroid dienone is 4. The number of hydrogen-bond donors (Lipinski definition) is 0. The van der Waals surface area contributed by atoms with Crippen molar-refractivity contribution in [3.05, 3.63) is 285 Å². The number of hydrogen-bond acceptors (Lipinski definition) is 4. The summed E-state index contributed by atoms with van der Waals surface area (Å²) >= 11 is 0. The average molecular weight is 935 g/mol. The van der Waals surface area contributed by atoms with Gasteiger partial charge in [0.1, 0.15) is 0 Å². The lowest BCUT2D eigenvalue weighted by atomic mass is 9.88. The SMILES string of the molecule is C1=CCCC(c2ccc(-c3ccccc3)c(N(c3cc(-c4ccccc4)ccc3-c3ccccc3)c3c(-c4ccccc4)cc(-c4nc(-c5ccccc5)nc(-c5ccccc5)n4)cc3-c3ccccc3)c2)=C1. The molecule has 0 spiro atoms. The van der Waals surface area contributed by atoms with Crippen molar-refractivity contribution in [1.29, 1.82) is 0 Å². The van der Waals surface area contributed by atoms with E-state index in [0.29, 0.717) is 17.5 Å². The molecule has 4 nitrogen and oxygen atoms in total. The lowest BCUT2D eigenvalue weighted by Crippen LogP contribution is -2.16. The highest BCUT2D eigenvalue weighted by Gasteiger charge is 2.29. The minimum absolute atomic E-state index is 0.584. The molecule has 0 fully saturated rings. The Labute approximate surface area is 427 Å². The first kappa shape index (κ1) is 44.7. The van der Waals surface area contributed by atoms with Crippen LogP contribution in [0.1, 0.15) is 18.4 Å². The van der Waals surface area contributed by atoms with Gasteiger partial charge in [-0.1, -0.05) is 255 Å². The van der Waals surface area contributed by atoms with E-state index in [1.807, 2.05) is 36.4 Å². The van der Waals surface area contributed by atoms with Gasteiger partial charge in [0, 0.05) is 38.9 Å². The maximum absolute atomic E-state index is 5.33. The van der Waals surface area contributed by atoms with Crippen LogP contribution in [0.15, 0.2) is 279 Å². The van der Waals surface area contributed by atoms with Gasteiger partial charge in [0.15, 0.2) is 17.5 Å². The lowest BCUT2D eigenvalue weighted by Gasteiger charge is -2.34. The van der Waals surface area contributed by atoms with Gasteiger partial charge in [0.05, 0.1) is 17.1 Å². The molecule has 0 saturated carbocycles. The molecule has 73 heavy (non-hydrogen) atoms. The molecule has 1 aliphatic carbocycles. The molecule has 0 unspecified atom stereocenters. The summed E-state index contributed by atoms with van der Waals surface area (Å²) in [5.74, 6) is 1.80. The lowest BCUT2D eigenvalue weighted by molar-refractivity contribution is 1.05. The predicted molar refractivity (Wildman–Crippen MR) is 304 cm³/mol. The third kappa shape index (κ3) is 9.34. The average Bonchev–Trinajstić information content (AvgIpc) is 3.49. The minimum Gasteiger partial charge on any atom is -0.308 e. The summed E-state index contributed by atoms with van der Waals surface area (Å²) in [4.78, 5) is 18.3. The highest BCUT2D eigenvalue weighted by Crippen LogP contribution is 2.53. The van der Waals surface area contributed by atoms with Crippen molar-refractivity contribution >= 4 is 22.6 Å². The largest absolute Gasteiger partial charge is 0.308 e. The topological polar surface area (TPSA) is 41.9 Å². The zero-order chi connectivity index (χ0) is 48.8. The fourth-order valence-corrected chi connectivity index (χ4v) is 10.00. The molecule has 1 aromatic heterocycles. The van der Waals surface area contributed by atoms with E-state index in [9.17, 15) is 0 Å². The fraction of sp³-hybridized carbons (Fsp3) is 0.0290. The predicted octanol–water partition coefficient (Wildman–Crippen LogP) is 18.4. The van der Waals surface area contributed by atoms with E-state index in [-0.39, 0.29) is 0 Å². The Kier molecular flexibility index (Phi) is 12.5. The fourth-order valence-electron chi connectivity index (χ4n) is 10.00. The van der Waals surface area contributed by atoms with E-state index < -0.39 is 0 Å². The Morgan fingerprint density at radius 2 is 0.644 bits per heavy atom. The maximum atomic E-state index is 5.33. The quantitative estimate of drug-likeness (QED) is 0.122. The Morgan fingerprint density at radius 1 is 0.288 bits per heavy atom. The molecule has 0 amide bonds. The first-order valence-corrected chi connectivity index (χ1v) is 25.0. The van der Waals surface area contributed by atoms with E-state index in [2.05, 4.69) is 248 Å². The summed E-state index contributed by atoms with van der Waals surface area (Å²) < 4.78 is 0. The molecule has 11 aromatic rings. The molecule has 346 valence electrons. The Hall–Kier alpha value is -9.51. The molecule has 1 aliphatic rings. The number of rotatable bonds is 12. The third-order valence-corrected chi connectivity index (χ3v) is 13.6. The van der Waals surface area contributed by atoms with Crippen LogP contribution in [0, 0.1) is 0 Å². The highest BCUT2D eigenvalue weighted by atomic mass is 15.2. The molecule has 0 aliphatic heterocycles. The Balaban J connectivity index is 1.24. The van der Waals surface area contributed by atoms with E-state index in [4.69, 9.17) is 15.0 Å². The van der Waals surface area contributed by atoms with Crippen LogP contribution in [-0.4, -0.2) is 15.0 Å². The summed E-state index contributed by atoms with van der Waals surface area (Å²) in [6.07, 6.45) is 8.69. The van der Waals surface area contributed by atoms with Crippen LogP contribution in [0.3, 0.4) is 0 Å².